The Labute approximate surface area is 170 Å². The van der Waals surface area contributed by atoms with Crippen LogP contribution in [0.4, 0.5) is 0 Å². The Morgan fingerprint density at radius 3 is 2.48 bits per heavy atom. The van der Waals surface area contributed by atoms with Crippen molar-refractivity contribution < 1.29 is 13.2 Å². The molecule has 0 spiro atoms. The van der Waals surface area contributed by atoms with Crippen molar-refractivity contribution >= 4 is 21.7 Å². The number of likely N-dealkylation sites (N-methyl/N-ethyl adjacent to an activating group) is 1. The molecule has 0 aromatic heterocycles. The molecule has 1 fully saturated rings. The lowest BCUT2D eigenvalue weighted by Crippen LogP contribution is -2.62. The standard InChI is InChI=1S/C21H22N4O3S/c1-4-29(27,28)17-10-8-15(9-11-17)18-19(26)25(3)20(23)24-21(18,2)16-7-5-6-14(12-16)13-22/h5-12,18H,4H2,1-3H3,(H2,23,24)/t18-,21-/m1/s1. The average Bonchev–Trinajstić information content (AvgIpc) is 2.72. The maximum atomic E-state index is 13.2. The lowest BCUT2D eigenvalue weighted by molar-refractivity contribution is -0.131. The third kappa shape index (κ3) is 3.49. The molecule has 1 aliphatic heterocycles. The summed E-state index contributed by atoms with van der Waals surface area (Å²) in [5.74, 6) is -1.05. The summed E-state index contributed by atoms with van der Waals surface area (Å²) in [5.41, 5.74) is 0.782. The highest BCUT2D eigenvalue weighted by atomic mass is 32.2. The fourth-order valence-electron chi connectivity index (χ4n) is 3.61. The topological polar surface area (TPSA) is 114 Å². The molecule has 0 unspecified atom stereocenters. The zero-order valence-electron chi connectivity index (χ0n) is 16.4. The molecule has 7 nitrogen and oxygen atoms in total. The molecule has 2 atom stereocenters. The summed E-state index contributed by atoms with van der Waals surface area (Å²) >= 11 is 0. The minimum absolute atomic E-state index is 0.00513. The number of carbonyl (C=O) groups is 1. The number of nitrogens with one attached hydrogen (secondary N) is 2. The number of carbonyl (C=O) groups excluding carboxylic acids is 1. The van der Waals surface area contributed by atoms with E-state index in [1.165, 1.54) is 24.1 Å². The minimum atomic E-state index is -3.35. The van der Waals surface area contributed by atoms with Crippen molar-refractivity contribution in [3.05, 3.63) is 65.2 Å². The van der Waals surface area contributed by atoms with E-state index in [0.717, 1.165) is 0 Å². The van der Waals surface area contributed by atoms with Crippen molar-refractivity contribution in [2.24, 2.45) is 0 Å². The first kappa shape index (κ1) is 20.6. The van der Waals surface area contributed by atoms with Gasteiger partial charge in [0.25, 0.3) is 0 Å². The number of benzene rings is 2. The number of nitriles is 1. The first-order chi connectivity index (χ1) is 13.6. The van der Waals surface area contributed by atoms with Crippen LogP contribution in [0.3, 0.4) is 0 Å². The summed E-state index contributed by atoms with van der Waals surface area (Å²) in [7, 11) is -1.83. The summed E-state index contributed by atoms with van der Waals surface area (Å²) in [6, 6.07) is 15.3. The summed E-state index contributed by atoms with van der Waals surface area (Å²) in [5, 5.41) is 20.5. The Bertz CT molecular complexity index is 1120. The van der Waals surface area contributed by atoms with Gasteiger partial charge in [-0.3, -0.25) is 15.1 Å². The van der Waals surface area contributed by atoms with E-state index in [9.17, 15) is 18.5 Å². The zero-order chi connectivity index (χ0) is 21.4. The molecule has 3 rings (SSSR count). The van der Waals surface area contributed by atoms with Gasteiger partial charge in [0.15, 0.2) is 15.8 Å². The molecule has 2 aromatic carbocycles. The first-order valence-corrected chi connectivity index (χ1v) is 10.8. The van der Waals surface area contributed by atoms with Gasteiger partial charge in [-0.15, -0.1) is 0 Å². The quantitative estimate of drug-likeness (QED) is 0.803. The van der Waals surface area contributed by atoms with Crippen molar-refractivity contribution in [3.63, 3.8) is 0 Å². The molecule has 2 N–H and O–H groups in total. The lowest BCUT2D eigenvalue weighted by Gasteiger charge is -2.46. The van der Waals surface area contributed by atoms with E-state index in [1.54, 1.807) is 37.3 Å². The van der Waals surface area contributed by atoms with E-state index >= 15 is 0 Å². The highest BCUT2D eigenvalue weighted by molar-refractivity contribution is 7.91. The molecule has 0 radical (unpaired) electrons. The molecular weight excluding hydrogens is 388 g/mol. The van der Waals surface area contributed by atoms with E-state index in [1.807, 2.05) is 13.0 Å². The van der Waals surface area contributed by atoms with E-state index < -0.39 is 21.3 Å². The van der Waals surface area contributed by atoms with Crippen LogP contribution in [0.5, 0.6) is 0 Å². The second-order valence-electron chi connectivity index (χ2n) is 7.17. The van der Waals surface area contributed by atoms with Gasteiger partial charge in [0.1, 0.15) is 0 Å². The van der Waals surface area contributed by atoms with Gasteiger partial charge in [-0.1, -0.05) is 31.2 Å². The van der Waals surface area contributed by atoms with Crippen LogP contribution in [0.25, 0.3) is 0 Å². The predicted octanol–water partition coefficient (Wildman–Crippen LogP) is 2.35. The molecule has 0 saturated carbocycles. The fraction of sp³-hybridized carbons (Fsp3) is 0.286. The smallest absolute Gasteiger partial charge is 0.239 e. The van der Waals surface area contributed by atoms with Crippen LogP contribution in [0.2, 0.25) is 0 Å². The Kier molecular flexibility index (Phi) is 5.20. The average molecular weight is 410 g/mol. The van der Waals surface area contributed by atoms with Gasteiger partial charge in [0.2, 0.25) is 5.91 Å². The third-order valence-electron chi connectivity index (χ3n) is 5.41. The Morgan fingerprint density at radius 2 is 1.90 bits per heavy atom. The fourth-order valence-corrected chi connectivity index (χ4v) is 4.50. The molecule has 150 valence electrons. The highest BCUT2D eigenvalue weighted by Gasteiger charge is 2.48. The van der Waals surface area contributed by atoms with Crippen LogP contribution >= 0.6 is 0 Å². The van der Waals surface area contributed by atoms with Crippen molar-refractivity contribution in [3.8, 4) is 6.07 Å². The normalized spacial score (nSPS) is 22.1. The van der Waals surface area contributed by atoms with Crippen LogP contribution < -0.4 is 5.32 Å². The van der Waals surface area contributed by atoms with Gasteiger partial charge < -0.3 is 5.32 Å². The molecule has 1 heterocycles. The largest absolute Gasteiger partial charge is 0.346 e. The number of guanidine groups is 1. The summed E-state index contributed by atoms with van der Waals surface area (Å²) < 4.78 is 24.2. The number of rotatable bonds is 4. The maximum Gasteiger partial charge on any atom is 0.239 e. The lowest BCUT2D eigenvalue weighted by atomic mass is 9.73. The molecule has 29 heavy (non-hydrogen) atoms. The third-order valence-corrected chi connectivity index (χ3v) is 7.16. The van der Waals surface area contributed by atoms with Crippen LogP contribution in [0.15, 0.2) is 53.4 Å². The number of nitrogens with zero attached hydrogens (tertiary/aromatic N) is 2. The summed E-state index contributed by atoms with van der Waals surface area (Å²) in [6.07, 6.45) is 0. The van der Waals surface area contributed by atoms with Gasteiger partial charge in [-0.2, -0.15) is 5.26 Å². The molecule has 1 amide bonds. The molecule has 0 aliphatic carbocycles. The van der Waals surface area contributed by atoms with E-state index in [2.05, 4.69) is 11.4 Å². The Balaban J connectivity index is 2.15. The SMILES string of the molecule is CCS(=O)(=O)c1ccc([C@@H]2C(=O)N(C)C(=N)N[C@]2(C)c2cccc(C#N)c2)cc1. The van der Waals surface area contributed by atoms with Crippen LogP contribution in [0.1, 0.15) is 36.5 Å². The maximum absolute atomic E-state index is 13.2. The number of amides is 1. The van der Waals surface area contributed by atoms with Gasteiger partial charge in [0.05, 0.1) is 33.7 Å². The first-order valence-electron chi connectivity index (χ1n) is 9.11. The van der Waals surface area contributed by atoms with Crippen LogP contribution in [-0.2, 0) is 20.2 Å². The van der Waals surface area contributed by atoms with Crippen molar-refractivity contribution in [2.75, 3.05) is 12.8 Å². The van der Waals surface area contributed by atoms with Crippen molar-refractivity contribution in [1.82, 2.24) is 10.2 Å². The summed E-state index contributed by atoms with van der Waals surface area (Å²) in [4.78, 5) is 14.6. The number of sulfone groups is 1. The second kappa shape index (κ2) is 7.33. The predicted molar refractivity (Wildman–Crippen MR) is 109 cm³/mol. The Hall–Kier alpha value is -3.18. The summed E-state index contributed by atoms with van der Waals surface area (Å²) in [6.45, 7) is 3.39. The van der Waals surface area contributed by atoms with Crippen molar-refractivity contribution in [2.45, 2.75) is 30.2 Å². The molecule has 8 heteroatoms. The number of hydrogen-bond acceptors (Lipinski definition) is 5. The number of hydrogen-bond donors (Lipinski definition) is 2. The molecule has 2 aromatic rings. The van der Waals surface area contributed by atoms with Gasteiger partial charge in [0, 0.05) is 7.05 Å². The van der Waals surface area contributed by atoms with E-state index in [0.29, 0.717) is 16.7 Å². The van der Waals surface area contributed by atoms with E-state index in [-0.39, 0.29) is 22.5 Å². The highest BCUT2D eigenvalue weighted by Crippen LogP contribution is 2.41. The molecule has 1 aliphatic rings. The van der Waals surface area contributed by atoms with Crippen LogP contribution in [0, 0.1) is 16.7 Å². The molecular formula is C21H22N4O3S. The van der Waals surface area contributed by atoms with E-state index in [4.69, 9.17) is 5.41 Å². The zero-order valence-corrected chi connectivity index (χ0v) is 17.2. The monoisotopic (exact) mass is 410 g/mol. The minimum Gasteiger partial charge on any atom is -0.346 e. The van der Waals surface area contributed by atoms with Gasteiger partial charge in [-0.05, 0) is 42.3 Å². The van der Waals surface area contributed by atoms with Crippen LogP contribution in [-0.4, -0.2) is 38.0 Å². The second-order valence-corrected chi connectivity index (χ2v) is 9.45. The Morgan fingerprint density at radius 1 is 1.24 bits per heavy atom. The molecule has 0 bridgehead atoms. The van der Waals surface area contributed by atoms with Gasteiger partial charge in [-0.25, -0.2) is 8.42 Å². The van der Waals surface area contributed by atoms with Gasteiger partial charge >= 0.3 is 0 Å². The molecule has 1 saturated heterocycles. The van der Waals surface area contributed by atoms with Crippen molar-refractivity contribution in [1.29, 1.82) is 10.7 Å².